The van der Waals surface area contributed by atoms with Crippen LogP contribution < -0.4 is 5.73 Å². The Hall–Kier alpha value is -1.64. The summed E-state index contributed by atoms with van der Waals surface area (Å²) in [4.78, 5) is 23.7. The van der Waals surface area contributed by atoms with Gasteiger partial charge >= 0.3 is 0 Å². The summed E-state index contributed by atoms with van der Waals surface area (Å²) < 4.78 is 0. The van der Waals surface area contributed by atoms with E-state index < -0.39 is 5.92 Å². The van der Waals surface area contributed by atoms with Gasteiger partial charge in [0, 0.05) is 17.7 Å². The molecule has 2 N–H and O–H groups in total. The first-order chi connectivity index (χ1) is 7.68. The molecule has 0 radical (unpaired) electrons. The van der Waals surface area contributed by atoms with Crippen molar-refractivity contribution in [2.75, 3.05) is 5.73 Å². The van der Waals surface area contributed by atoms with Crippen LogP contribution in [-0.2, 0) is 4.79 Å². The summed E-state index contributed by atoms with van der Waals surface area (Å²) in [5, 5.41) is 0. The molecule has 16 heavy (non-hydrogen) atoms. The molecule has 0 spiro atoms. The van der Waals surface area contributed by atoms with E-state index in [1.807, 2.05) is 0 Å². The smallest absolute Gasteiger partial charge is 0.173 e. The molecule has 1 aromatic carbocycles. The second-order valence-electron chi connectivity index (χ2n) is 4.25. The molecule has 0 saturated heterocycles. The summed E-state index contributed by atoms with van der Waals surface area (Å²) >= 11 is 0. The molecule has 1 aliphatic rings. The lowest BCUT2D eigenvalue weighted by Crippen LogP contribution is -2.27. The van der Waals surface area contributed by atoms with Gasteiger partial charge in [-0.25, -0.2) is 0 Å². The zero-order chi connectivity index (χ0) is 11.5. The number of hydrogen-bond acceptors (Lipinski definition) is 3. The quantitative estimate of drug-likeness (QED) is 0.469. The molecule has 3 heteroatoms. The van der Waals surface area contributed by atoms with Crippen LogP contribution in [0.4, 0.5) is 5.69 Å². The number of benzene rings is 1. The summed E-state index contributed by atoms with van der Waals surface area (Å²) in [6.45, 7) is 0. The van der Waals surface area contributed by atoms with Crippen LogP contribution in [-0.4, -0.2) is 11.6 Å². The van der Waals surface area contributed by atoms with Crippen molar-refractivity contribution >= 4 is 17.3 Å². The van der Waals surface area contributed by atoms with Crippen LogP contribution in [0.15, 0.2) is 24.3 Å². The zero-order valence-electron chi connectivity index (χ0n) is 9.11. The second-order valence-corrected chi connectivity index (χ2v) is 4.25. The molecule has 3 nitrogen and oxygen atoms in total. The van der Waals surface area contributed by atoms with E-state index in [-0.39, 0.29) is 11.6 Å². The predicted molar refractivity (Wildman–Crippen MR) is 62.1 cm³/mol. The molecule has 2 rings (SSSR count). The van der Waals surface area contributed by atoms with E-state index in [0.29, 0.717) is 24.1 Å². The number of carbonyl (C=O) groups excluding carboxylic acids is 2. The van der Waals surface area contributed by atoms with Crippen LogP contribution in [0, 0.1) is 5.92 Å². The standard InChI is InChI=1S/C13H15NO2/c14-10-7-5-9(6-8-10)13(16)11-3-1-2-4-12(11)15/h5-8,11H,1-4,14H2/t11-/m1/s1. The lowest BCUT2D eigenvalue weighted by atomic mass is 9.83. The van der Waals surface area contributed by atoms with Gasteiger partial charge in [0.15, 0.2) is 5.78 Å². The van der Waals surface area contributed by atoms with Crippen LogP contribution in [0.1, 0.15) is 36.0 Å². The van der Waals surface area contributed by atoms with E-state index in [4.69, 9.17) is 5.73 Å². The Balaban J connectivity index is 2.17. The molecular weight excluding hydrogens is 202 g/mol. The van der Waals surface area contributed by atoms with Gasteiger partial charge in [-0.15, -0.1) is 0 Å². The van der Waals surface area contributed by atoms with Gasteiger partial charge in [0.05, 0.1) is 5.92 Å². The third-order valence-electron chi connectivity index (χ3n) is 3.07. The lowest BCUT2D eigenvalue weighted by Gasteiger charge is -2.19. The summed E-state index contributed by atoms with van der Waals surface area (Å²) in [5.41, 5.74) is 6.78. The normalized spacial score (nSPS) is 20.8. The molecule has 0 aromatic heterocycles. The van der Waals surface area contributed by atoms with Gasteiger partial charge in [-0.1, -0.05) is 6.42 Å². The van der Waals surface area contributed by atoms with Gasteiger partial charge in [-0.2, -0.15) is 0 Å². The SMILES string of the molecule is Nc1ccc(C(=O)[C@@H]2CCCCC2=O)cc1. The summed E-state index contributed by atoms with van der Waals surface area (Å²) in [7, 11) is 0. The first kappa shape index (κ1) is 10.9. The maximum Gasteiger partial charge on any atom is 0.173 e. The Bertz CT molecular complexity index is 408. The lowest BCUT2D eigenvalue weighted by molar-refractivity contribution is -0.122. The Morgan fingerprint density at radius 3 is 2.50 bits per heavy atom. The molecule has 0 heterocycles. The van der Waals surface area contributed by atoms with E-state index in [1.165, 1.54) is 0 Å². The van der Waals surface area contributed by atoms with Crippen molar-refractivity contribution in [2.45, 2.75) is 25.7 Å². The molecule has 0 bridgehead atoms. The molecule has 1 aliphatic carbocycles. The van der Waals surface area contributed by atoms with Gasteiger partial charge in [0.1, 0.15) is 5.78 Å². The highest BCUT2D eigenvalue weighted by Crippen LogP contribution is 2.24. The molecule has 0 aliphatic heterocycles. The molecule has 1 atom stereocenters. The van der Waals surface area contributed by atoms with Crippen LogP contribution in [0.3, 0.4) is 0 Å². The number of hydrogen-bond donors (Lipinski definition) is 1. The Morgan fingerprint density at radius 1 is 1.19 bits per heavy atom. The van der Waals surface area contributed by atoms with Crippen molar-refractivity contribution in [3.8, 4) is 0 Å². The third kappa shape index (κ3) is 2.13. The van der Waals surface area contributed by atoms with Gasteiger partial charge in [0.2, 0.25) is 0 Å². The van der Waals surface area contributed by atoms with Crippen LogP contribution in [0.5, 0.6) is 0 Å². The van der Waals surface area contributed by atoms with Crippen molar-refractivity contribution in [3.63, 3.8) is 0 Å². The monoisotopic (exact) mass is 217 g/mol. The van der Waals surface area contributed by atoms with Crippen LogP contribution in [0.25, 0.3) is 0 Å². The first-order valence-corrected chi connectivity index (χ1v) is 5.61. The van der Waals surface area contributed by atoms with Crippen molar-refractivity contribution in [3.05, 3.63) is 29.8 Å². The molecule has 1 saturated carbocycles. The maximum absolute atomic E-state index is 12.1. The number of rotatable bonds is 2. The summed E-state index contributed by atoms with van der Waals surface area (Å²) in [6, 6.07) is 6.78. The van der Waals surface area contributed by atoms with E-state index >= 15 is 0 Å². The van der Waals surface area contributed by atoms with Crippen molar-refractivity contribution in [1.82, 2.24) is 0 Å². The summed E-state index contributed by atoms with van der Waals surface area (Å²) in [5.74, 6) is -0.379. The van der Waals surface area contributed by atoms with Crippen molar-refractivity contribution in [1.29, 1.82) is 0 Å². The van der Waals surface area contributed by atoms with Crippen molar-refractivity contribution in [2.24, 2.45) is 5.92 Å². The third-order valence-corrected chi connectivity index (χ3v) is 3.07. The fourth-order valence-electron chi connectivity index (χ4n) is 2.11. The van der Waals surface area contributed by atoms with Gasteiger partial charge < -0.3 is 5.73 Å². The molecule has 0 amide bonds. The number of ketones is 2. The van der Waals surface area contributed by atoms with E-state index in [2.05, 4.69) is 0 Å². The Labute approximate surface area is 94.6 Å². The number of Topliss-reactive ketones (excluding diaryl/α,β-unsaturated/α-hetero) is 2. The van der Waals surface area contributed by atoms with Gasteiger partial charge in [0.25, 0.3) is 0 Å². The van der Waals surface area contributed by atoms with E-state index in [1.54, 1.807) is 24.3 Å². The number of nitrogens with two attached hydrogens (primary N) is 1. The highest BCUT2D eigenvalue weighted by atomic mass is 16.1. The number of anilines is 1. The molecule has 1 fully saturated rings. The highest BCUT2D eigenvalue weighted by Gasteiger charge is 2.29. The van der Waals surface area contributed by atoms with Crippen LogP contribution >= 0.6 is 0 Å². The molecule has 1 aromatic rings. The molecular formula is C13H15NO2. The fourth-order valence-corrected chi connectivity index (χ4v) is 2.11. The van der Waals surface area contributed by atoms with Crippen molar-refractivity contribution < 1.29 is 9.59 Å². The average Bonchev–Trinajstić information content (AvgIpc) is 2.30. The minimum Gasteiger partial charge on any atom is -0.399 e. The fraction of sp³-hybridized carbons (Fsp3) is 0.385. The predicted octanol–water partition coefficient (Wildman–Crippen LogP) is 2.21. The number of carbonyl (C=O) groups is 2. The minimum absolute atomic E-state index is 0.0512. The maximum atomic E-state index is 12.1. The molecule has 84 valence electrons. The minimum atomic E-state index is -0.419. The van der Waals surface area contributed by atoms with E-state index in [9.17, 15) is 9.59 Å². The summed E-state index contributed by atoms with van der Waals surface area (Å²) in [6.07, 6.45) is 3.13. The first-order valence-electron chi connectivity index (χ1n) is 5.61. The topological polar surface area (TPSA) is 60.2 Å². The largest absolute Gasteiger partial charge is 0.399 e. The molecule has 0 unspecified atom stereocenters. The second kappa shape index (κ2) is 4.47. The Kier molecular flexibility index (Phi) is 3.04. The Morgan fingerprint density at radius 2 is 1.88 bits per heavy atom. The van der Waals surface area contributed by atoms with E-state index in [0.717, 1.165) is 12.8 Å². The van der Waals surface area contributed by atoms with Crippen LogP contribution in [0.2, 0.25) is 0 Å². The average molecular weight is 217 g/mol. The highest BCUT2D eigenvalue weighted by molar-refractivity contribution is 6.11. The van der Waals surface area contributed by atoms with Gasteiger partial charge in [-0.3, -0.25) is 9.59 Å². The van der Waals surface area contributed by atoms with Gasteiger partial charge in [-0.05, 0) is 37.1 Å². The zero-order valence-corrected chi connectivity index (χ0v) is 9.11. The number of nitrogen functional groups attached to an aromatic ring is 1.